The van der Waals surface area contributed by atoms with Crippen molar-refractivity contribution < 1.29 is 14.7 Å². The molecule has 30 heavy (non-hydrogen) atoms. The summed E-state index contributed by atoms with van der Waals surface area (Å²) < 4.78 is 0. The quantitative estimate of drug-likeness (QED) is 0.708. The normalized spacial score (nSPS) is 19.8. The van der Waals surface area contributed by atoms with Crippen molar-refractivity contribution >= 4 is 40.6 Å². The van der Waals surface area contributed by atoms with Gasteiger partial charge in [0.1, 0.15) is 5.70 Å². The molecule has 2 aliphatic heterocycles. The van der Waals surface area contributed by atoms with Crippen molar-refractivity contribution in [3.05, 3.63) is 75.4 Å². The number of carbonyl (C=O) groups excluding carboxylic acids is 2. The lowest BCUT2D eigenvalue weighted by Gasteiger charge is -2.34. The molecular weight excluding hydrogens is 423 g/mol. The van der Waals surface area contributed by atoms with E-state index in [0.717, 1.165) is 18.4 Å². The van der Waals surface area contributed by atoms with Crippen molar-refractivity contribution in [2.75, 3.05) is 19.7 Å². The Labute approximate surface area is 185 Å². The zero-order valence-corrected chi connectivity index (χ0v) is 17.9. The third-order valence-electron chi connectivity index (χ3n) is 5.62. The maximum absolute atomic E-state index is 13.4. The fourth-order valence-electron chi connectivity index (χ4n) is 4.07. The van der Waals surface area contributed by atoms with Crippen molar-refractivity contribution in [3.8, 4) is 0 Å². The van der Waals surface area contributed by atoms with Crippen molar-refractivity contribution in [1.82, 2.24) is 9.80 Å². The third-order valence-corrected chi connectivity index (χ3v) is 6.13. The highest BCUT2D eigenvalue weighted by Gasteiger charge is 2.42. The van der Waals surface area contributed by atoms with Crippen LogP contribution in [-0.2, 0) is 16.1 Å². The molecule has 0 saturated carbocycles. The first-order valence-corrected chi connectivity index (χ1v) is 10.7. The van der Waals surface area contributed by atoms with E-state index in [0.29, 0.717) is 40.0 Å². The van der Waals surface area contributed by atoms with E-state index in [-0.39, 0.29) is 30.9 Å². The van der Waals surface area contributed by atoms with Gasteiger partial charge in [0.15, 0.2) is 0 Å². The van der Waals surface area contributed by atoms with Gasteiger partial charge in [0.25, 0.3) is 11.8 Å². The van der Waals surface area contributed by atoms with Crippen LogP contribution >= 0.6 is 23.2 Å². The van der Waals surface area contributed by atoms with Gasteiger partial charge in [-0.05, 0) is 54.2 Å². The Balaban J connectivity index is 1.72. The Morgan fingerprint density at radius 2 is 1.57 bits per heavy atom. The lowest BCUT2D eigenvalue weighted by Crippen LogP contribution is -2.40. The van der Waals surface area contributed by atoms with Gasteiger partial charge in [-0.3, -0.25) is 14.5 Å². The van der Waals surface area contributed by atoms with Crippen molar-refractivity contribution in [1.29, 1.82) is 0 Å². The highest BCUT2D eigenvalue weighted by atomic mass is 35.5. The minimum atomic E-state index is -0.321. The Kier molecular flexibility index (Phi) is 6.14. The third kappa shape index (κ3) is 4.10. The number of carbonyl (C=O) groups is 2. The summed E-state index contributed by atoms with van der Waals surface area (Å²) in [6.45, 7) is 1.47. The van der Waals surface area contributed by atoms with Crippen LogP contribution in [0.25, 0.3) is 5.57 Å². The number of likely N-dealkylation sites (tertiary alicyclic amines) is 1. The summed E-state index contributed by atoms with van der Waals surface area (Å²) >= 11 is 12.0. The molecule has 1 unspecified atom stereocenters. The SMILES string of the molecule is O=C1C(c2ccc(Cl)cc2)=C(N2CCCC(CO)C2)C(=O)N1Cc1ccc(Cl)cc1. The summed E-state index contributed by atoms with van der Waals surface area (Å²) in [6, 6.07) is 14.1. The molecule has 1 saturated heterocycles. The second-order valence-corrected chi connectivity index (χ2v) is 8.56. The summed E-state index contributed by atoms with van der Waals surface area (Å²) in [5, 5.41) is 10.8. The Bertz CT molecular complexity index is 987. The molecule has 0 spiro atoms. The van der Waals surface area contributed by atoms with Crippen LogP contribution in [-0.4, -0.2) is 46.4 Å². The van der Waals surface area contributed by atoms with E-state index in [2.05, 4.69) is 0 Å². The van der Waals surface area contributed by atoms with E-state index in [1.54, 1.807) is 36.4 Å². The number of hydrogen-bond donors (Lipinski definition) is 1. The molecule has 7 heteroatoms. The zero-order chi connectivity index (χ0) is 21.3. The minimum Gasteiger partial charge on any atom is -0.396 e. The van der Waals surface area contributed by atoms with E-state index in [9.17, 15) is 14.7 Å². The van der Waals surface area contributed by atoms with E-state index in [1.165, 1.54) is 4.90 Å². The second kappa shape index (κ2) is 8.80. The molecule has 156 valence electrons. The van der Waals surface area contributed by atoms with E-state index < -0.39 is 0 Å². The smallest absolute Gasteiger partial charge is 0.278 e. The van der Waals surface area contributed by atoms with Crippen LogP contribution in [0.3, 0.4) is 0 Å². The van der Waals surface area contributed by atoms with Crippen LogP contribution in [0.2, 0.25) is 10.0 Å². The lowest BCUT2D eigenvalue weighted by molar-refractivity contribution is -0.138. The predicted molar refractivity (Wildman–Crippen MR) is 117 cm³/mol. The van der Waals surface area contributed by atoms with Gasteiger partial charge in [0.2, 0.25) is 0 Å². The van der Waals surface area contributed by atoms with E-state index in [4.69, 9.17) is 23.2 Å². The summed E-state index contributed by atoms with van der Waals surface area (Å²) in [6.07, 6.45) is 1.77. The summed E-state index contributed by atoms with van der Waals surface area (Å²) in [5.74, 6) is -0.539. The van der Waals surface area contributed by atoms with Gasteiger partial charge < -0.3 is 10.0 Å². The van der Waals surface area contributed by atoms with Crippen LogP contribution in [0, 0.1) is 5.92 Å². The molecule has 2 aromatic carbocycles. The van der Waals surface area contributed by atoms with Crippen LogP contribution in [0.5, 0.6) is 0 Å². The van der Waals surface area contributed by atoms with Crippen LogP contribution in [0.1, 0.15) is 24.0 Å². The highest BCUT2D eigenvalue weighted by molar-refractivity contribution is 6.36. The largest absolute Gasteiger partial charge is 0.396 e. The number of aliphatic hydroxyl groups excluding tert-OH is 1. The minimum absolute atomic E-state index is 0.0662. The molecule has 2 aromatic rings. The molecular formula is C23H22Cl2N2O3. The predicted octanol–water partition coefficient (Wildman–Crippen LogP) is 3.98. The number of halogens is 2. The zero-order valence-electron chi connectivity index (χ0n) is 16.4. The van der Waals surface area contributed by atoms with Gasteiger partial charge in [-0.25, -0.2) is 0 Å². The lowest BCUT2D eigenvalue weighted by atomic mass is 9.97. The average molecular weight is 445 g/mol. The highest BCUT2D eigenvalue weighted by Crippen LogP contribution is 2.35. The van der Waals surface area contributed by atoms with Crippen molar-refractivity contribution in [2.24, 2.45) is 5.92 Å². The van der Waals surface area contributed by atoms with Crippen LogP contribution < -0.4 is 0 Å². The number of amides is 2. The molecule has 2 heterocycles. The van der Waals surface area contributed by atoms with Gasteiger partial charge >= 0.3 is 0 Å². The number of imide groups is 1. The summed E-state index contributed by atoms with van der Waals surface area (Å²) in [4.78, 5) is 30.0. The molecule has 4 rings (SSSR count). The topological polar surface area (TPSA) is 60.9 Å². The van der Waals surface area contributed by atoms with E-state index >= 15 is 0 Å². The van der Waals surface area contributed by atoms with Gasteiger partial charge in [0.05, 0.1) is 12.1 Å². The maximum atomic E-state index is 13.4. The monoisotopic (exact) mass is 444 g/mol. The maximum Gasteiger partial charge on any atom is 0.278 e. The van der Waals surface area contributed by atoms with Gasteiger partial charge in [0, 0.05) is 29.7 Å². The fourth-order valence-corrected chi connectivity index (χ4v) is 4.32. The second-order valence-electron chi connectivity index (χ2n) is 7.69. The molecule has 2 aliphatic rings. The molecule has 1 fully saturated rings. The van der Waals surface area contributed by atoms with Crippen LogP contribution in [0.15, 0.2) is 54.2 Å². The first-order chi connectivity index (χ1) is 14.5. The van der Waals surface area contributed by atoms with Crippen molar-refractivity contribution in [3.63, 3.8) is 0 Å². The first-order valence-electron chi connectivity index (χ1n) is 9.94. The Morgan fingerprint density at radius 1 is 0.933 bits per heavy atom. The number of rotatable bonds is 5. The molecule has 2 amide bonds. The molecule has 1 atom stereocenters. The average Bonchev–Trinajstić information content (AvgIpc) is 3.00. The first kappa shape index (κ1) is 20.9. The summed E-state index contributed by atoms with van der Waals surface area (Å²) in [7, 11) is 0. The van der Waals surface area contributed by atoms with Gasteiger partial charge in [-0.1, -0.05) is 47.5 Å². The van der Waals surface area contributed by atoms with Crippen LogP contribution in [0.4, 0.5) is 0 Å². The summed E-state index contributed by atoms with van der Waals surface area (Å²) in [5.41, 5.74) is 2.29. The molecule has 0 bridgehead atoms. The number of hydrogen-bond acceptors (Lipinski definition) is 4. The van der Waals surface area contributed by atoms with Crippen molar-refractivity contribution in [2.45, 2.75) is 19.4 Å². The number of aliphatic hydroxyl groups is 1. The number of benzene rings is 2. The Morgan fingerprint density at radius 3 is 2.20 bits per heavy atom. The number of piperidine rings is 1. The molecule has 0 aliphatic carbocycles. The Hall–Kier alpha value is -2.34. The van der Waals surface area contributed by atoms with E-state index in [1.807, 2.05) is 17.0 Å². The fraction of sp³-hybridized carbons (Fsp3) is 0.304. The molecule has 1 N–H and O–H groups in total. The molecule has 0 radical (unpaired) electrons. The van der Waals surface area contributed by atoms with Gasteiger partial charge in [-0.15, -0.1) is 0 Å². The molecule has 0 aromatic heterocycles. The number of nitrogens with zero attached hydrogens (tertiary/aromatic N) is 2. The van der Waals surface area contributed by atoms with Gasteiger partial charge in [-0.2, -0.15) is 0 Å². The molecule has 5 nitrogen and oxygen atoms in total. The standard InChI is InChI=1S/C23H22Cl2N2O3/c24-18-7-3-15(4-8-18)13-27-22(29)20(17-5-9-19(25)10-6-17)21(23(27)30)26-11-1-2-16(12-26)14-28/h3-10,16,28H,1-2,11-14H2.